The van der Waals surface area contributed by atoms with Gasteiger partial charge in [-0.15, -0.1) is 20.4 Å². The summed E-state index contributed by atoms with van der Waals surface area (Å²) in [5, 5.41) is 17.8. The molecule has 1 atom stereocenters. The Hall–Kier alpha value is -1.90. The third-order valence-electron chi connectivity index (χ3n) is 3.27. The smallest absolute Gasteiger partial charge is 0.196 e. The molecule has 0 aliphatic heterocycles. The van der Waals surface area contributed by atoms with Crippen LogP contribution in [0.3, 0.4) is 0 Å². The van der Waals surface area contributed by atoms with Crippen LogP contribution in [0, 0.1) is 0 Å². The SMILES string of the molecule is C[C@@H](N)c1nnc(SCc2nncn2C)n1-c1cccc(Cl)c1. The van der Waals surface area contributed by atoms with Gasteiger partial charge < -0.3 is 10.3 Å². The molecule has 2 aromatic heterocycles. The van der Waals surface area contributed by atoms with Crippen molar-refractivity contribution >= 4 is 23.4 Å². The van der Waals surface area contributed by atoms with E-state index in [2.05, 4.69) is 20.4 Å². The van der Waals surface area contributed by atoms with E-state index in [9.17, 15) is 0 Å². The van der Waals surface area contributed by atoms with Gasteiger partial charge in [0.15, 0.2) is 11.0 Å². The fraction of sp³-hybridized carbons (Fsp3) is 0.286. The minimum absolute atomic E-state index is 0.245. The lowest BCUT2D eigenvalue weighted by molar-refractivity contribution is 0.704. The minimum Gasteiger partial charge on any atom is -0.322 e. The highest BCUT2D eigenvalue weighted by atomic mass is 35.5. The summed E-state index contributed by atoms with van der Waals surface area (Å²) in [5.74, 6) is 2.18. The Bertz CT molecular complexity index is 811. The Kier molecular flexibility index (Phi) is 4.65. The molecule has 0 saturated carbocycles. The van der Waals surface area contributed by atoms with Gasteiger partial charge in [-0.1, -0.05) is 29.4 Å². The molecule has 2 heterocycles. The highest BCUT2D eigenvalue weighted by molar-refractivity contribution is 7.98. The van der Waals surface area contributed by atoms with Gasteiger partial charge in [-0.3, -0.25) is 4.57 Å². The summed E-state index contributed by atoms with van der Waals surface area (Å²) in [6, 6.07) is 7.29. The molecule has 120 valence electrons. The predicted molar refractivity (Wildman–Crippen MR) is 89.5 cm³/mol. The number of aromatic nitrogens is 6. The fourth-order valence-corrected chi connectivity index (χ4v) is 3.23. The molecule has 0 saturated heterocycles. The van der Waals surface area contributed by atoms with E-state index >= 15 is 0 Å². The maximum absolute atomic E-state index is 6.11. The van der Waals surface area contributed by atoms with Gasteiger partial charge in [0.05, 0.1) is 17.5 Å². The molecule has 2 N–H and O–H groups in total. The molecule has 0 fully saturated rings. The molecule has 3 aromatic rings. The molecule has 0 aliphatic carbocycles. The molecule has 0 unspecified atom stereocenters. The molecule has 23 heavy (non-hydrogen) atoms. The van der Waals surface area contributed by atoms with Gasteiger partial charge in [-0.05, 0) is 25.1 Å². The van der Waals surface area contributed by atoms with E-state index in [1.165, 1.54) is 11.8 Å². The van der Waals surface area contributed by atoms with Crippen LogP contribution in [0.1, 0.15) is 24.6 Å². The second-order valence-electron chi connectivity index (χ2n) is 5.09. The molecule has 0 amide bonds. The third-order valence-corrected chi connectivity index (χ3v) is 4.43. The molecular formula is C14H16ClN7S. The molecule has 7 nitrogen and oxygen atoms in total. The Morgan fingerprint density at radius 2 is 2.13 bits per heavy atom. The number of rotatable bonds is 5. The highest BCUT2D eigenvalue weighted by Crippen LogP contribution is 2.27. The average molecular weight is 350 g/mol. The lowest BCUT2D eigenvalue weighted by Gasteiger charge is -2.12. The van der Waals surface area contributed by atoms with Crippen molar-refractivity contribution in [2.24, 2.45) is 12.8 Å². The van der Waals surface area contributed by atoms with Crippen molar-refractivity contribution in [1.29, 1.82) is 0 Å². The van der Waals surface area contributed by atoms with Gasteiger partial charge in [0.25, 0.3) is 0 Å². The van der Waals surface area contributed by atoms with Crippen LogP contribution in [0.15, 0.2) is 35.7 Å². The zero-order chi connectivity index (χ0) is 16.4. The lowest BCUT2D eigenvalue weighted by Crippen LogP contribution is -2.13. The first-order valence-corrected chi connectivity index (χ1v) is 8.35. The summed E-state index contributed by atoms with van der Waals surface area (Å²) >= 11 is 7.64. The predicted octanol–water partition coefficient (Wildman–Crippen LogP) is 2.36. The van der Waals surface area contributed by atoms with Crippen molar-refractivity contribution in [3.8, 4) is 5.69 Å². The van der Waals surface area contributed by atoms with Crippen molar-refractivity contribution in [3.63, 3.8) is 0 Å². The van der Waals surface area contributed by atoms with Crippen LogP contribution in [0.25, 0.3) is 5.69 Å². The highest BCUT2D eigenvalue weighted by Gasteiger charge is 2.18. The van der Waals surface area contributed by atoms with E-state index in [-0.39, 0.29) is 6.04 Å². The van der Waals surface area contributed by atoms with Crippen molar-refractivity contribution in [2.45, 2.75) is 23.9 Å². The second kappa shape index (κ2) is 6.69. The summed E-state index contributed by atoms with van der Waals surface area (Å²) < 4.78 is 3.80. The van der Waals surface area contributed by atoms with Gasteiger partial charge >= 0.3 is 0 Å². The normalized spacial score (nSPS) is 12.5. The summed E-state index contributed by atoms with van der Waals surface area (Å²) in [6.07, 6.45) is 1.67. The van der Waals surface area contributed by atoms with Gasteiger partial charge in [-0.2, -0.15) is 0 Å². The summed E-state index contributed by atoms with van der Waals surface area (Å²) in [4.78, 5) is 0. The molecule has 3 rings (SSSR count). The van der Waals surface area contributed by atoms with Gasteiger partial charge in [0, 0.05) is 12.1 Å². The van der Waals surface area contributed by atoms with Crippen molar-refractivity contribution < 1.29 is 0 Å². The maximum Gasteiger partial charge on any atom is 0.196 e. The molecule has 0 radical (unpaired) electrons. The largest absolute Gasteiger partial charge is 0.322 e. The van der Waals surface area contributed by atoms with E-state index < -0.39 is 0 Å². The number of nitrogens with two attached hydrogens (primary N) is 1. The van der Waals surface area contributed by atoms with Crippen LogP contribution in [-0.4, -0.2) is 29.5 Å². The number of hydrogen-bond acceptors (Lipinski definition) is 6. The van der Waals surface area contributed by atoms with Crippen LogP contribution in [-0.2, 0) is 12.8 Å². The Morgan fingerprint density at radius 3 is 2.78 bits per heavy atom. The van der Waals surface area contributed by atoms with Crippen molar-refractivity contribution in [1.82, 2.24) is 29.5 Å². The number of nitrogens with zero attached hydrogens (tertiary/aromatic N) is 6. The van der Waals surface area contributed by atoms with E-state index in [0.29, 0.717) is 16.6 Å². The zero-order valence-corrected chi connectivity index (χ0v) is 14.3. The summed E-state index contributed by atoms with van der Waals surface area (Å²) in [5.41, 5.74) is 6.91. The Labute approximate surface area is 142 Å². The number of halogens is 1. The molecule has 9 heteroatoms. The van der Waals surface area contributed by atoms with Crippen LogP contribution in [0.4, 0.5) is 0 Å². The van der Waals surface area contributed by atoms with E-state index in [1.54, 1.807) is 6.33 Å². The summed E-state index contributed by atoms with van der Waals surface area (Å²) in [6.45, 7) is 1.88. The lowest BCUT2D eigenvalue weighted by atomic mass is 10.3. The first-order chi connectivity index (χ1) is 11.1. The third kappa shape index (κ3) is 3.39. The van der Waals surface area contributed by atoms with Crippen LogP contribution in [0.5, 0.6) is 0 Å². The van der Waals surface area contributed by atoms with Crippen LogP contribution >= 0.6 is 23.4 Å². The number of benzene rings is 1. The standard InChI is InChI=1S/C14H16ClN7S/c1-9(16)13-19-20-14(23-7-12-18-17-8-21(12)2)22(13)11-5-3-4-10(15)6-11/h3-6,8-9H,7,16H2,1-2H3/t9-/m1/s1. The fourth-order valence-electron chi connectivity index (χ4n) is 2.09. The van der Waals surface area contributed by atoms with Crippen LogP contribution in [0.2, 0.25) is 5.02 Å². The Morgan fingerprint density at radius 1 is 1.30 bits per heavy atom. The number of hydrogen-bond donors (Lipinski definition) is 1. The number of aryl methyl sites for hydroxylation is 1. The molecule has 0 bridgehead atoms. The minimum atomic E-state index is -0.245. The molecule has 1 aromatic carbocycles. The topological polar surface area (TPSA) is 87.4 Å². The van der Waals surface area contributed by atoms with Gasteiger partial charge in [-0.25, -0.2) is 0 Å². The Balaban J connectivity index is 1.96. The first-order valence-electron chi connectivity index (χ1n) is 6.98. The first kappa shape index (κ1) is 16.0. The maximum atomic E-state index is 6.11. The molecule has 0 aliphatic rings. The van der Waals surface area contributed by atoms with E-state index in [0.717, 1.165) is 16.7 Å². The second-order valence-corrected chi connectivity index (χ2v) is 6.47. The number of thioether (sulfide) groups is 1. The average Bonchev–Trinajstić information content (AvgIpc) is 3.11. The van der Waals surface area contributed by atoms with Gasteiger partial charge in [0.2, 0.25) is 0 Å². The zero-order valence-electron chi connectivity index (χ0n) is 12.7. The molecular weight excluding hydrogens is 334 g/mol. The van der Waals surface area contributed by atoms with Crippen molar-refractivity contribution in [3.05, 3.63) is 47.3 Å². The van der Waals surface area contributed by atoms with Crippen LogP contribution < -0.4 is 5.73 Å². The van der Waals surface area contributed by atoms with E-state index in [4.69, 9.17) is 17.3 Å². The monoisotopic (exact) mass is 349 g/mol. The van der Waals surface area contributed by atoms with E-state index in [1.807, 2.05) is 47.4 Å². The molecule has 0 spiro atoms. The van der Waals surface area contributed by atoms with Gasteiger partial charge in [0.1, 0.15) is 12.2 Å². The van der Waals surface area contributed by atoms with Crippen molar-refractivity contribution in [2.75, 3.05) is 0 Å². The quantitative estimate of drug-likeness (QED) is 0.711. The summed E-state index contributed by atoms with van der Waals surface area (Å²) in [7, 11) is 1.91.